The van der Waals surface area contributed by atoms with Gasteiger partial charge in [0.05, 0.1) is 11.7 Å². The molecule has 164 valence electrons. The molecule has 1 aromatic rings. The van der Waals surface area contributed by atoms with Crippen LogP contribution in [0.5, 0.6) is 0 Å². The van der Waals surface area contributed by atoms with E-state index in [1.165, 1.54) is 12.1 Å². The van der Waals surface area contributed by atoms with Crippen LogP contribution in [0.25, 0.3) is 0 Å². The van der Waals surface area contributed by atoms with E-state index in [0.29, 0.717) is 38.8 Å². The second-order valence-corrected chi connectivity index (χ2v) is 6.88. The minimum atomic E-state index is -0.783. The van der Waals surface area contributed by atoms with Gasteiger partial charge in [0.2, 0.25) is 11.8 Å². The summed E-state index contributed by atoms with van der Waals surface area (Å²) in [5.74, 6) is -1.21. The monoisotopic (exact) mass is 423 g/mol. The van der Waals surface area contributed by atoms with Crippen LogP contribution in [0.4, 0.5) is 10.1 Å². The Hall–Kier alpha value is -3.28. The molecule has 2 rings (SSSR count). The molecular weight excluding hydrogens is 397 g/mol. The quantitative estimate of drug-likeness (QED) is 0.118. The van der Waals surface area contributed by atoms with E-state index in [1.807, 2.05) is 0 Å². The first-order valence-electron chi connectivity index (χ1n) is 9.64. The summed E-state index contributed by atoms with van der Waals surface area (Å²) in [6.45, 7) is 0.790. The first kappa shape index (κ1) is 23.0. The average Bonchev–Trinajstić information content (AvgIpc) is 3.14. The molecule has 1 aliphatic heterocycles. The van der Waals surface area contributed by atoms with Crippen molar-refractivity contribution in [2.75, 3.05) is 18.4 Å². The number of para-hydroxylation sites is 1. The number of hydrogen-bond donors (Lipinski definition) is 5. The van der Waals surface area contributed by atoms with E-state index in [-0.39, 0.29) is 29.5 Å². The van der Waals surface area contributed by atoms with Crippen molar-refractivity contribution in [2.45, 2.75) is 44.2 Å². The van der Waals surface area contributed by atoms with Gasteiger partial charge in [0.1, 0.15) is 5.82 Å². The first-order valence-corrected chi connectivity index (χ1v) is 9.64. The summed E-state index contributed by atoms with van der Waals surface area (Å²) >= 11 is 0. The molecule has 2 atom stereocenters. The predicted octanol–water partition coefficient (Wildman–Crippen LogP) is 0.267. The highest BCUT2D eigenvalue weighted by Crippen LogP contribution is 2.15. The normalized spacial score (nSPS) is 18.6. The summed E-state index contributed by atoms with van der Waals surface area (Å²) in [4.78, 5) is 38.3. The van der Waals surface area contributed by atoms with Gasteiger partial charge in [-0.2, -0.15) is 0 Å². The Bertz CT molecular complexity index is 790. The smallest absolute Gasteiger partial charge is 0.251 e. The zero-order valence-electron chi connectivity index (χ0n) is 16.4. The number of carbonyl (C=O) groups excluding carboxylic acids is 2. The molecule has 1 fully saturated rings. The number of nitrogens with one attached hydrogen (secondary N) is 4. The third-order valence-electron chi connectivity index (χ3n) is 4.49. The molecule has 0 unspecified atom stereocenters. The zero-order chi connectivity index (χ0) is 21.9. The van der Waals surface area contributed by atoms with Gasteiger partial charge in [-0.05, 0) is 31.4 Å². The van der Waals surface area contributed by atoms with Crippen LogP contribution < -0.4 is 27.1 Å². The molecule has 6 N–H and O–H groups in total. The molecule has 0 saturated carbocycles. The zero-order valence-corrected chi connectivity index (χ0v) is 16.4. The van der Waals surface area contributed by atoms with Gasteiger partial charge in [-0.15, -0.1) is 0 Å². The Morgan fingerprint density at radius 1 is 1.30 bits per heavy atom. The second kappa shape index (κ2) is 11.7. The second-order valence-electron chi connectivity index (χ2n) is 6.88. The predicted molar refractivity (Wildman–Crippen MR) is 108 cm³/mol. The number of amides is 2. The number of carbonyl (C=O) groups is 2. The SMILES string of the molecule is NC(=NCCCCCC(=O)N[C@@H]1CN[C@H](C(=O)Nc2ccccc2F)C1)N[N+](=O)[O-]. The van der Waals surface area contributed by atoms with E-state index in [9.17, 15) is 24.1 Å². The van der Waals surface area contributed by atoms with E-state index in [4.69, 9.17) is 5.73 Å². The average molecular weight is 423 g/mol. The molecule has 1 saturated heterocycles. The van der Waals surface area contributed by atoms with E-state index in [0.717, 1.165) is 6.42 Å². The summed E-state index contributed by atoms with van der Waals surface area (Å²) < 4.78 is 13.6. The van der Waals surface area contributed by atoms with E-state index in [1.54, 1.807) is 17.6 Å². The molecule has 0 aromatic heterocycles. The molecule has 0 bridgehead atoms. The van der Waals surface area contributed by atoms with Crippen LogP contribution >= 0.6 is 0 Å². The van der Waals surface area contributed by atoms with Gasteiger partial charge >= 0.3 is 0 Å². The molecule has 1 heterocycles. The fraction of sp³-hybridized carbons (Fsp3) is 0.500. The van der Waals surface area contributed by atoms with Crippen molar-refractivity contribution in [3.8, 4) is 0 Å². The lowest BCUT2D eigenvalue weighted by Crippen LogP contribution is -2.36. The number of hydrazine groups is 1. The van der Waals surface area contributed by atoms with Crippen LogP contribution in [-0.4, -0.2) is 48.0 Å². The Morgan fingerprint density at radius 2 is 2.07 bits per heavy atom. The molecule has 0 radical (unpaired) electrons. The third-order valence-corrected chi connectivity index (χ3v) is 4.49. The highest BCUT2D eigenvalue weighted by atomic mass is 19.1. The lowest BCUT2D eigenvalue weighted by atomic mass is 10.1. The van der Waals surface area contributed by atoms with Crippen LogP contribution in [0.3, 0.4) is 0 Å². The van der Waals surface area contributed by atoms with Crippen molar-refractivity contribution in [1.82, 2.24) is 16.1 Å². The van der Waals surface area contributed by atoms with Crippen LogP contribution in [-0.2, 0) is 9.59 Å². The molecule has 30 heavy (non-hydrogen) atoms. The fourth-order valence-corrected chi connectivity index (χ4v) is 3.03. The van der Waals surface area contributed by atoms with Gasteiger partial charge in [0, 0.05) is 25.6 Å². The number of unbranched alkanes of at least 4 members (excludes halogenated alkanes) is 2. The number of nitrogens with two attached hydrogens (primary N) is 1. The Labute approximate surface area is 172 Å². The third kappa shape index (κ3) is 7.99. The number of aliphatic imine (C=N–C) groups is 1. The van der Waals surface area contributed by atoms with Crippen molar-refractivity contribution in [3.63, 3.8) is 0 Å². The number of nitro groups is 1. The fourth-order valence-electron chi connectivity index (χ4n) is 3.03. The summed E-state index contributed by atoms with van der Waals surface area (Å²) in [6, 6.07) is 5.25. The van der Waals surface area contributed by atoms with Gasteiger partial charge in [-0.25, -0.2) is 19.5 Å². The minimum Gasteiger partial charge on any atom is -0.365 e. The van der Waals surface area contributed by atoms with Crippen molar-refractivity contribution >= 4 is 23.5 Å². The van der Waals surface area contributed by atoms with E-state index >= 15 is 0 Å². The summed E-state index contributed by atoms with van der Waals surface area (Å²) in [5.41, 5.74) is 7.17. The van der Waals surface area contributed by atoms with Gasteiger partial charge in [-0.3, -0.25) is 9.59 Å². The summed E-state index contributed by atoms with van der Waals surface area (Å²) in [6.07, 6.45) is 2.76. The lowest BCUT2D eigenvalue weighted by molar-refractivity contribution is -0.525. The maximum absolute atomic E-state index is 13.6. The molecule has 11 nitrogen and oxygen atoms in total. The molecular formula is C18H26FN7O4. The van der Waals surface area contributed by atoms with Crippen LogP contribution in [0.2, 0.25) is 0 Å². The summed E-state index contributed by atoms with van der Waals surface area (Å²) in [7, 11) is 0. The van der Waals surface area contributed by atoms with Crippen LogP contribution in [0.15, 0.2) is 29.3 Å². The molecule has 0 aliphatic carbocycles. The van der Waals surface area contributed by atoms with Crippen LogP contribution in [0.1, 0.15) is 32.1 Å². The Balaban J connectivity index is 1.61. The number of halogens is 1. The van der Waals surface area contributed by atoms with Crippen molar-refractivity contribution in [2.24, 2.45) is 10.7 Å². The topological polar surface area (TPSA) is 164 Å². The maximum atomic E-state index is 13.6. The molecule has 2 amide bonds. The van der Waals surface area contributed by atoms with Gasteiger partial charge < -0.3 is 21.7 Å². The first-order chi connectivity index (χ1) is 14.3. The van der Waals surface area contributed by atoms with E-state index < -0.39 is 16.9 Å². The van der Waals surface area contributed by atoms with Gasteiger partial charge in [0.15, 0.2) is 5.03 Å². The molecule has 1 aliphatic rings. The Morgan fingerprint density at radius 3 is 2.80 bits per heavy atom. The number of nitrogens with zero attached hydrogens (tertiary/aromatic N) is 2. The number of anilines is 1. The molecule has 1 aromatic carbocycles. The van der Waals surface area contributed by atoms with Gasteiger partial charge in [-0.1, -0.05) is 24.0 Å². The van der Waals surface area contributed by atoms with Crippen molar-refractivity contribution in [1.29, 1.82) is 0 Å². The number of benzene rings is 1. The molecule has 12 heteroatoms. The highest BCUT2D eigenvalue weighted by Gasteiger charge is 2.30. The number of hydrogen-bond acceptors (Lipinski definition) is 6. The van der Waals surface area contributed by atoms with Gasteiger partial charge in [0.25, 0.3) is 5.96 Å². The Kier molecular flexibility index (Phi) is 8.94. The molecule has 0 spiro atoms. The summed E-state index contributed by atoms with van der Waals surface area (Å²) in [5, 5.41) is 17.8. The number of rotatable bonds is 10. The number of guanidine groups is 1. The largest absolute Gasteiger partial charge is 0.365 e. The lowest BCUT2D eigenvalue weighted by Gasteiger charge is -2.13. The highest BCUT2D eigenvalue weighted by molar-refractivity contribution is 5.95. The maximum Gasteiger partial charge on any atom is 0.251 e. The minimum absolute atomic E-state index is 0.116. The van der Waals surface area contributed by atoms with E-state index in [2.05, 4.69) is 20.9 Å². The van der Waals surface area contributed by atoms with Crippen molar-refractivity contribution in [3.05, 3.63) is 40.2 Å². The van der Waals surface area contributed by atoms with Crippen molar-refractivity contribution < 1.29 is 19.0 Å². The standard InChI is InChI=1S/C18H26FN7O4/c19-13-6-3-4-7-14(13)24-17(28)15-10-12(11-22-15)23-16(27)8-2-1-5-9-21-18(20)25-26(29)30/h3-4,6-7,12,15,22H,1-2,5,8-11H2,(H,23,27)(H,24,28)(H3,20,21,25)/t12-,15-/m0/s1. The van der Waals surface area contributed by atoms with Crippen LogP contribution in [0, 0.1) is 15.9 Å².